The number of amides is 1. The quantitative estimate of drug-likeness (QED) is 0.841. The minimum absolute atomic E-state index is 0.00239. The number of benzene rings is 2. The van der Waals surface area contributed by atoms with E-state index in [4.69, 9.17) is 16.3 Å². The van der Waals surface area contributed by atoms with E-state index in [1.54, 1.807) is 6.92 Å². The zero-order valence-electron chi connectivity index (χ0n) is 12.9. The molecule has 1 atom stereocenters. The van der Waals surface area contributed by atoms with Crippen molar-refractivity contribution in [3.63, 3.8) is 0 Å². The molecule has 2 aromatic carbocycles. The third-order valence-corrected chi connectivity index (χ3v) is 3.54. The Kier molecular flexibility index (Phi) is 5.51. The minimum Gasteiger partial charge on any atom is -0.449 e. The van der Waals surface area contributed by atoms with Crippen molar-refractivity contribution in [2.24, 2.45) is 0 Å². The van der Waals surface area contributed by atoms with Crippen molar-refractivity contribution < 1.29 is 23.1 Å². The van der Waals surface area contributed by atoms with Crippen LogP contribution >= 0.6 is 11.6 Å². The molecule has 0 saturated heterocycles. The lowest BCUT2D eigenvalue weighted by molar-refractivity contribution is -0.123. The first-order valence-electron chi connectivity index (χ1n) is 7.01. The van der Waals surface area contributed by atoms with Gasteiger partial charge in [0, 0.05) is 5.69 Å². The van der Waals surface area contributed by atoms with Gasteiger partial charge in [-0.05, 0) is 49.7 Å². The molecular formula is C17H14ClF2NO3. The molecule has 7 heteroatoms. The lowest BCUT2D eigenvalue weighted by Crippen LogP contribution is -2.30. The molecule has 24 heavy (non-hydrogen) atoms. The van der Waals surface area contributed by atoms with E-state index in [1.165, 1.54) is 31.2 Å². The molecule has 0 heterocycles. The fourth-order valence-electron chi connectivity index (χ4n) is 1.82. The van der Waals surface area contributed by atoms with E-state index in [2.05, 4.69) is 5.32 Å². The smallest absolute Gasteiger partial charge is 0.339 e. The number of hydrogen-bond donors (Lipinski definition) is 1. The number of aryl methyl sites for hydroxylation is 1. The highest BCUT2D eigenvalue weighted by Gasteiger charge is 2.20. The Labute approximate surface area is 142 Å². The van der Waals surface area contributed by atoms with Crippen LogP contribution in [0.25, 0.3) is 0 Å². The van der Waals surface area contributed by atoms with Gasteiger partial charge < -0.3 is 10.1 Å². The number of ether oxygens (including phenoxy) is 1. The van der Waals surface area contributed by atoms with E-state index in [9.17, 15) is 18.4 Å². The van der Waals surface area contributed by atoms with Crippen molar-refractivity contribution in [1.82, 2.24) is 0 Å². The van der Waals surface area contributed by atoms with Gasteiger partial charge in [0.15, 0.2) is 6.10 Å². The van der Waals surface area contributed by atoms with E-state index in [1.807, 2.05) is 0 Å². The number of esters is 1. The fraction of sp³-hybridized carbons (Fsp3) is 0.176. The van der Waals surface area contributed by atoms with Gasteiger partial charge >= 0.3 is 5.97 Å². The van der Waals surface area contributed by atoms with E-state index in [0.29, 0.717) is 5.56 Å². The summed E-state index contributed by atoms with van der Waals surface area (Å²) in [5, 5.41) is 2.30. The van der Waals surface area contributed by atoms with Crippen LogP contribution in [-0.4, -0.2) is 18.0 Å². The van der Waals surface area contributed by atoms with Gasteiger partial charge in [-0.1, -0.05) is 17.7 Å². The molecule has 126 valence electrons. The number of carbonyl (C=O) groups excluding carboxylic acids is 2. The highest BCUT2D eigenvalue weighted by atomic mass is 35.5. The average Bonchev–Trinajstić information content (AvgIpc) is 2.53. The van der Waals surface area contributed by atoms with Crippen molar-refractivity contribution >= 4 is 29.2 Å². The first-order valence-corrected chi connectivity index (χ1v) is 7.39. The zero-order chi connectivity index (χ0) is 17.9. The first-order chi connectivity index (χ1) is 11.3. The van der Waals surface area contributed by atoms with Crippen LogP contribution in [0.4, 0.5) is 14.5 Å². The summed E-state index contributed by atoms with van der Waals surface area (Å²) >= 11 is 5.62. The van der Waals surface area contributed by atoms with Crippen molar-refractivity contribution in [2.75, 3.05) is 5.32 Å². The maximum absolute atomic E-state index is 13.5. The summed E-state index contributed by atoms with van der Waals surface area (Å²) < 4.78 is 31.5. The molecular weight excluding hydrogens is 340 g/mol. The van der Waals surface area contributed by atoms with Crippen LogP contribution in [0.15, 0.2) is 36.4 Å². The molecule has 0 bridgehead atoms. The minimum atomic E-state index is -1.13. The molecule has 0 aliphatic heterocycles. The maximum atomic E-state index is 13.5. The highest BCUT2D eigenvalue weighted by Crippen LogP contribution is 2.19. The molecule has 0 aliphatic rings. The largest absolute Gasteiger partial charge is 0.449 e. The maximum Gasteiger partial charge on any atom is 0.339 e. The molecule has 4 nitrogen and oxygen atoms in total. The predicted octanol–water partition coefficient (Wildman–Crippen LogP) is 4.11. The highest BCUT2D eigenvalue weighted by molar-refractivity contribution is 6.31. The SMILES string of the molecule is Cc1ccc(C(=O)O[C@@H](C)C(=O)Nc2ccc(F)c(Cl)c2)cc1F. The Morgan fingerprint density at radius 3 is 2.46 bits per heavy atom. The van der Waals surface area contributed by atoms with Crippen molar-refractivity contribution in [1.29, 1.82) is 0 Å². The molecule has 0 aromatic heterocycles. The van der Waals surface area contributed by atoms with E-state index >= 15 is 0 Å². The molecule has 1 amide bonds. The number of rotatable bonds is 4. The van der Waals surface area contributed by atoms with Gasteiger partial charge in [0.05, 0.1) is 10.6 Å². The second-order valence-corrected chi connectivity index (χ2v) is 5.54. The zero-order valence-corrected chi connectivity index (χ0v) is 13.7. The lowest BCUT2D eigenvalue weighted by atomic mass is 10.1. The van der Waals surface area contributed by atoms with Gasteiger partial charge in [-0.3, -0.25) is 4.79 Å². The third-order valence-electron chi connectivity index (χ3n) is 3.25. The van der Waals surface area contributed by atoms with Gasteiger partial charge in [0.2, 0.25) is 0 Å². The standard InChI is InChI=1S/C17H14ClF2NO3/c1-9-3-4-11(7-15(9)20)17(23)24-10(2)16(22)21-12-5-6-14(19)13(18)8-12/h3-8,10H,1-2H3,(H,21,22)/t10-/m0/s1. The number of hydrogen-bond acceptors (Lipinski definition) is 3. The van der Waals surface area contributed by atoms with Gasteiger partial charge in [0.25, 0.3) is 5.91 Å². The summed E-state index contributed by atoms with van der Waals surface area (Å²) in [6.45, 7) is 2.93. The summed E-state index contributed by atoms with van der Waals surface area (Å²) in [5.41, 5.74) is 0.656. The fourth-order valence-corrected chi connectivity index (χ4v) is 2.00. The van der Waals surface area contributed by atoms with Gasteiger partial charge in [-0.15, -0.1) is 0 Å². The molecule has 0 aliphatic carbocycles. The average molecular weight is 354 g/mol. The van der Waals surface area contributed by atoms with Crippen LogP contribution in [0.3, 0.4) is 0 Å². The Morgan fingerprint density at radius 2 is 1.83 bits per heavy atom. The number of anilines is 1. The van der Waals surface area contributed by atoms with E-state index in [0.717, 1.165) is 12.1 Å². The summed E-state index contributed by atoms with van der Waals surface area (Å²) in [5.74, 6) is -2.61. The third kappa shape index (κ3) is 4.29. The number of nitrogens with one attached hydrogen (secondary N) is 1. The van der Waals surface area contributed by atoms with E-state index < -0.39 is 29.6 Å². The van der Waals surface area contributed by atoms with Crippen LogP contribution in [0.2, 0.25) is 5.02 Å². The van der Waals surface area contributed by atoms with Gasteiger partial charge in [0.1, 0.15) is 11.6 Å². The van der Waals surface area contributed by atoms with Crippen LogP contribution in [0.5, 0.6) is 0 Å². The molecule has 0 fully saturated rings. The molecule has 0 spiro atoms. The van der Waals surface area contributed by atoms with Crippen LogP contribution < -0.4 is 5.32 Å². The Bertz CT molecular complexity index is 795. The normalized spacial score (nSPS) is 11.7. The molecule has 2 rings (SSSR count). The molecule has 0 saturated carbocycles. The van der Waals surface area contributed by atoms with Crippen LogP contribution in [-0.2, 0) is 9.53 Å². The van der Waals surface area contributed by atoms with E-state index in [-0.39, 0.29) is 16.3 Å². The number of carbonyl (C=O) groups is 2. The first kappa shape index (κ1) is 17.9. The summed E-state index contributed by atoms with van der Waals surface area (Å²) in [6, 6.07) is 7.55. The Morgan fingerprint density at radius 1 is 1.12 bits per heavy atom. The van der Waals surface area contributed by atoms with Crippen LogP contribution in [0.1, 0.15) is 22.8 Å². The molecule has 2 aromatic rings. The topological polar surface area (TPSA) is 55.4 Å². The summed E-state index contributed by atoms with van der Waals surface area (Å²) in [7, 11) is 0. The second-order valence-electron chi connectivity index (χ2n) is 5.13. The molecule has 0 radical (unpaired) electrons. The van der Waals surface area contributed by atoms with Crippen molar-refractivity contribution in [2.45, 2.75) is 20.0 Å². The second kappa shape index (κ2) is 7.40. The number of halogens is 3. The van der Waals surface area contributed by atoms with Crippen molar-refractivity contribution in [3.8, 4) is 0 Å². The Hall–Kier alpha value is -2.47. The van der Waals surface area contributed by atoms with Gasteiger partial charge in [-0.25, -0.2) is 13.6 Å². The van der Waals surface area contributed by atoms with Crippen molar-refractivity contribution in [3.05, 3.63) is 64.2 Å². The Balaban J connectivity index is 2.01. The van der Waals surface area contributed by atoms with Gasteiger partial charge in [-0.2, -0.15) is 0 Å². The molecule has 0 unspecified atom stereocenters. The summed E-state index contributed by atoms with van der Waals surface area (Å²) in [6.07, 6.45) is -1.13. The summed E-state index contributed by atoms with van der Waals surface area (Å²) in [4.78, 5) is 23.9. The van der Waals surface area contributed by atoms with Crippen LogP contribution in [0, 0.1) is 18.6 Å². The monoisotopic (exact) mass is 353 g/mol. The lowest BCUT2D eigenvalue weighted by Gasteiger charge is -2.14. The predicted molar refractivity (Wildman–Crippen MR) is 86.1 cm³/mol. The molecule has 1 N–H and O–H groups in total.